The zero-order valence-corrected chi connectivity index (χ0v) is 17.3. The third-order valence-corrected chi connectivity index (χ3v) is 5.40. The van der Waals surface area contributed by atoms with Crippen LogP contribution in [0, 0.1) is 17.2 Å². The smallest absolute Gasteiger partial charge is 0.191 e. The maximum atomic E-state index is 9.21. The van der Waals surface area contributed by atoms with Crippen LogP contribution in [-0.4, -0.2) is 25.1 Å². The normalized spacial score (nSPS) is 21.4. The molecule has 2 N–H and O–H groups in total. The molecular weight excluding hydrogens is 419 g/mol. The van der Waals surface area contributed by atoms with Crippen LogP contribution < -0.4 is 10.6 Å². The lowest BCUT2D eigenvalue weighted by Crippen LogP contribution is -2.45. The van der Waals surface area contributed by atoms with Gasteiger partial charge < -0.3 is 10.6 Å². The number of hydrogen-bond acceptors (Lipinski definition) is 3. The Hall–Kier alpha value is -0.810. The maximum Gasteiger partial charge on any atom is 0.191 e. The van der Waals surface area contributed by atoms with Crippen LogP contribution in [0.25, 0.3) is 0 Å². The summed E-state index contributed by atoms with van der Waals surface area (Å²) in [6.07, 6.45) is 3.17. The summed E-state index contributed by atoms with van der Waals surface area (Å²) in [5.74, 6) is 0.938. The minimum absolute atomic E-state index is 0. The number of rotatable bonds is 5. The highest BCUT2D eigenvalue weighted by Gasteiger charge is 2.28. The molecule has 1 saturated carbocycles. The number of halogens is 1. The first-order valence-electron chi connectivity index (χ1n) is 8.05. The fraction of sp³-hybridized carbons (Fsp3) is 0.647. The predicted molar refractivity (Wildman–Crippen MR) is 109 cm³/mol. The molecule has 2 unspecified atom stereocenters. The fourth-order valence-corrected chi connectivity index (χ4v) is 3.65. The van der Waals surface area contributed by atoms with Crippen molar-refractivity contribution >= 4 is 41.3 Å². The molecule has 1 heterocycles. The highest BCUT2D eigenvalue weighted by Crippen LogP contribution is 2.28. The molecule has 0 radical (unpaired) electrons. The Morgan fingerprint density at radius 3 is 2.87 bits per heavy atom. The van der Waals surface area contributed by atoms with E-state index in [0.717, 1.165) is 38.3 Å². The zero-order valence-electron chi connectivity index (χ0n) is 14.1. The van der Waals surface area contributed by atoms with Crippen molar-refractivity contribution in [1.29, 1.82) is 5.26 Å². The van der Waals surface area contributed by atoms with Gasteiger partial charge in [0.15, 0.2) is 5.96 Å². The molecule has 0 aromatic carbocycles. The number of nitriles is 1. The summed E-state index contributed by atoms with van der Waals surface area (Å²) in [4.78, 5) is 6.11. The van der Waals surface area contributed by atoms with Crippen molar-refractivity contribution in [1.82, 2.24) is 10.6 Å². The summed E-state index contributed by atoms with van der Waals surface area (Å²) in [6.45, 7) is 8.07. The van der Waals surface area contributed by atoms with Gasteiger partial charge >= 0.3 is 0 Å². The van der Waals surface area contributed by atoms with E-state index < -0.39 is 0 Å². The Morgan fingerprint density at radius 2 is 2.26 bits per heavy atom. The van der Waals surface area contributed by atoms with Gasteiger partial charge in [0.1, 0.15) is 0 Å². The fourth-order valence-electron chi connectivity index (χ4n) is 2.80. The summed E-state index contributed by atoms with van der Waals surface area (Å²) in [5.41, 5.74) is 0.0286. The van der Waals surface area contributed by atoms with Crippen molar-refractivity contribution in [3.05, 3.63) is 22.4 Å². The van der Waals surface area contributed by atoms with Gasteiger partial charge in [-0.05, 0) is 37.6 Å². The Balaban J connectivity index is 0.00000264. The molecular formula is C17H27IN4S. The average Bonchev–Trinajstić information content (AvgIpc) is 3.16. The van der Waals surface area contributed by atoms with E-state index in [2.05, 4.69) is 55.0 Å². The quantitative estimate of drug-likeness (QED) is 0.410. The molecule has 23 heavy (non-hydrogen) atoms. The van der Waals surface area contributed by atoms with Crippen molar-refractivity contribution < 1.29 is 0 Å². The van der Waals surface area contributed by atoms with Gasteiger partial charge in [0.05, 0.1) is 18.5 Å². The predicted octanol–water partition coefficient (Wildman–Crippen LogP) is 3.89. The number of aliphatic imine (C=N–C) groups is 1. The Morgan fingerprint density at radius 1 is 1.48 bits per heavy atom. The molecule has 0 saturated heterocycles. The zero-order chi connectivity index (χ0) is 16.0. The van der Waals surface area contributed by atoms with Crippen LogP contribution in [-0.2, 0) is 5.41 Å². The molecule has 0 spiro atoms. The van der Waals surface area contributed by atoms with E-state index in [-0.39, 0.29) is 41.4 Å². The summed E-state index contributed by atoms with van der Waals surface area (Å²) in [6, 6.07) is 6.90. The first-order chi connectivity index (χ1) is 10.6. The van der Waals surface area contributed by atoms with Crippen molar-refractivity contribution in [2.75, 3.05) is 13.1 Å². The molecule has 2 atom stereocenters. The van der Waals surface area contributed by atoms with Gasteiger partial charge in [0.25, 0.3) is 0 Å². The van der Waals surface area contributed by atoms with Crippen LogP contribution in [0.5, 0.6) is 0 Å². The van der Waals surface area contributed by atoms with Crippen LogP contribution in [0.2, 0.25) is 0 Å². The third-order valence-electron chi connectivity index (χ3n) is 4.17. The van der Waals surface area contributed by atoms with Crippen LogP contribution in [0.1, 0.15) is 44.9 Å². The van der Waals surface area contributed by atoms with Gasteiger partial charge in [-0.2, -0.15) is 5.26 Å². The van der Waals surface area contributed by atoms with Crippen LogP contribution in [0.3, 0.4) is 0 Å². The van der Waals surface area contributed by atoms with Crippen LogP contribution in [0.15, 0.2) is 22.5 Å². The minimum Gasteiger partial charge on any atom is -0.357 e. The first-order valence-corrected chi connectivity index (χ1v) is 8.93. The molecule has 1 aromatic rings. The highest BCUT2D eigenvalue weighted by molar-refractivity contribution is 14.0. The second kappa shape index (κ2) is 9.48. The SMILES string of the molecule is CCNC(=NCC(C)(C)c1cccs1)NC1CCCC1C#N.I. The van der Waals surface area contributed by atoms with E-state index >= 15 is 0 Å². The van der Waals surface area contributed by atoms with Gasteiger partial charge in [-0.15, -0.1) is 35.3 Å². The lowest BCUT2D eigenvalue weighted by molar-refractivity contribution is 0.521. The monoisotopic (exact) mass is 446 g/mol. The first kappa shape index (κ1) is 20.2. The molecule has 0 amide bonds. The number of thiophene rings is 1. The lowest BCUT2D eigenvalue weighted by Gasteiger charge is -2.23. The Labute approximate surface area is 160 Å². The van der Waals surface area contributed by atoms with Gasteiger partial charge in [-0.3, -0.25) is 4.99 Å². The van der Waals surface area contributed by atoms with Crippen molar-refractivity contribution in [3.63, 3.8) is 0 Å². The van der Waals surface area contributed by atoms with Crippen molar-refractivity contribution in [2.24, 2.45) is 10.9 Å². The summed E-state index contributed by atoms with van der Waals surface area (Å²) in [5, 5.41) is 18.1. The topological polar surface area (TPSA) is 60.2 Å². The second-order valence-electron chi connectivity index (χ2n) is 6.47. The van der Waals surface area contributed by atoms with E-state index in [9.17, 15) is 5.26 Å². The van der Waals surface area contributed by atoms with E-state index in [1.807, 2.05) is 0 Å². The van der Waals surface area contributed by atoms with Gasteiger partial charge in [-0.1, -0.05) is 19.9 Å². The minimum atomic E-state index is 0. The van der Waals surface area contributed by atoms with Gasteiger partial charge in [0, 0.05) is 22.9 Å². The molecule has 1 aromatic heterocycles. The van der Waals surface area contributed by atoms with Crippen molar-refractivity contribution in [2.45, 2.75) is 51.5 Å². The number of guanidine groups is 1. The highest BCUT2D eigenvalue weighted by atomic mass is 127. The van der Waals surface area contributed by atoms with E-state index in [1.54, 1.807) is 11.3 Å². The number of nitrogens with one attached hydrogen (secondary N) is 2. The summed E-state index contributed by atoms with van der Waals surface area (Å²) >= 11 is 1.78. The molecule has 2 rings (SSSR count). The Bertz CT molecular complexity index is 533. The van der Waals surface area contributed by atoms with Gasteiger partial charge in [-0.25, -0.2) is 0 Å². The molecule has 0 bridgehead atoms. The number of hydrogen-bond donors (Lipinski definition) is 2. The van der Waals surface area contributed by atoms with Crippen LogP contribution in [0.4, 0.5) is 0 Å². The molecule has 1 fully saturated rings. The third kappa shape index (κ3) is 5.64. The van der Waals surface area contributed by atoms with Crippen LogP contribution >= 0.6 is 35.3 Å². The van der Waals surface area contributed by atoms with Gasteiger partial charge in [0.2, 0.25) is 0 Å². The van der Waals surface area contributed by atoms with Crippen molar-refractivity contribution in [3.8, 4) is 6.07 Å². The molecule has 6 heteroatoms. The number of nitrogens with zero attached hydrogens (tertiary/aromatic N) is 2. The van der Waals surface area contributed by atoms with E-state index in [0.29, 0.717) is 0 Å². The molecule has 1 aliphatic rings. The average molecular weight is 446 g/mol. The molecule has 0 aliphatic heterocycles. The molecule has 128 valence electrons. The molecule has 4 nitrogen and oxygen atoms in total. The summed E-state index contributed by atoms with van der Waals surface area (Å²) < 4.78 is 0. The largest absolute Gasteiger partial charge is 0.357 e. The van der Waals surface area contributed by atoms with E-state index in [4.69, 9.17) is 4.99 Å². The van der Waals surface area contributed by atoms with E-state index in [1.165, 1.54) is 4.88 Å². The second-order valence-corrected chi connectivity index (χ2v) is 7.42. The lowest BCUT2D eigenvalue weighted by atomic mass is 9.92. The maximum absolute atomic E-state index is 9.21. The molecule has 1 aliphatic carbocycles. The standard InChI is InChI=1S/C17H26N4S.HI/c1-4-19-16(21-14-8-5-7-13(14)11-18)20-12-17(2,3)15-9-6-10-22-15;/h6,9-10,13-14H,4-5,7-8,12H2,1-3H3,(H2,19,20,21);1H. The summed E-state index contributed by atoms with van der Waals surface area (Å²) in [7, 11) is 0. The Kier molecular flexibility index (Phi) is 8.34.